The molecule has 26 nitrogen and oxygen atoms in total. The summed E-state index contributed by atoms with van der Waals surface area (Å²) in [7, 11) is -0.851. The van der Waals surface area contributed by atoms with E-state index in [9.17, 15) is 21.4 Å². The Hall–Kier alpha value is -6.36. The Kier molecular flexibility index (Phi) is 20.1. The fourth-order valence-corrected chi connectivity index (χ4v) is 8.35. The summed E-state index contributed by atoms with van der Waals surface area (Å²) >= 11 is 1.56. The first kappa shape index (κ1) is 55.0. The first-order chi connectivity index (χ1) is 34.4. The van der Waals surface area contributed by atoms with Gasteiger partial charge in [-0.1, -0.05) is 29.3 Å². The molecule has 12 N–H and O–H groups in total. The van der Waals surface area contributed by atoms with Crippen molar-refractivity contribution >= 4 is 115 Å². The maximum Gasteiger partial charge on any atom is 0.295 e. The number of nitrogens with zero attached hydrogens (tertiary/aromatic N) is 8. The highest BCUT2D eigenvalue weighted by molar-refractivity contribution is 7.94. The molecule has 72 heavy (non-hydrogen) atoms. The Morgan fingerprint density at radius 2 is 1.04 bits per heavy atom. The van der Waals surface area contributed by atoms with E-state index in [0.717, 1.165) is 38.0 Å². The first-order valence-electron chi connectivity index (χ1n) is 21.3. The van der Waals surface area contributed by atoms with E-state index >= 15 is 0 Å². The van der Waals surface area contributed by atoms with Crippen molar-refractivity contribution < 1.29 is 45.3 Å². The molecule has 0 fully saturated rings. The van der Waals surface area contributed by atoms with Crippen molar-refractivity contribution in [2.24, 2.45) is 11.0 Å². The van der Waals surface area contributed by atoms with Gasteiger partial charge in [-0.25, -0.2) is 18.8 Å². The minimum absolute atomic E-state index is 0.0589. The van der Waals surface area contributed by atoms with Crippen LogP contribution < -0.4 is 42.9 Å². The smallest absolute Gasteiger partial charge is 0.295 e. The predicted octanol–water partition coefficient (Wildman–Crippen LogP) is 6.08. The fraction of sp³-hybridized carbons (Fsp3) is 0.238. The van der Waals surface area contributed by atoms with E-state index in [1.54, 1.807) is 54.6 Å². The maximum atomic E-state index is 12.9. The standard InChI is InChI=1S/C42H52N16O10S4/c1-57(2)23-5-21-45-37-52-40(48-30-15-19-34(20-16-30)71(44,60)61)55-41(53-37)49-31-11-9-27(35(25-31)70-68-66-59)7-8-28-10-12-32(26-36(28)72(62,63)64)50-42-54-38(46-22-6-24-58(3)4)51-39(56-42)47-29-13-17-33(18-14-29)69-67-65-43/h7-20,25-26,59H,5-6,21-24,43H2,1-4H3,(H2,44,60,61)(H,62,63,64)(H3,45,48,49,52,53,55)(H3,46,47,50,51,54,56). The van der Waals surface area contributed by atoms with Gasteiger partial charge in [-0.2, -0.15) is 44.2 Å². The summed E-state index contributed by atoms with van der Waals surface area (Å²) in [5.41, 5.74) is 2.36. The summed E-state index contributed by atoms with van der Waals surface area (Å²) in [4.78, 5) is 35.8. The third-order valence-corrected chi connectivity index (χ3v) is 12.6. The van der Waals surface area contributed by atoms with Gasteiger partial charge < -0.3 is 41.7 Å². The normalized spacial score (nSPS) is 11.9. The van der Waals surface area contributed by atoms with Gasteiger partial charge in [0.2, 0.25) is 45.7 Å². The van der Waals surface area contributed by atoms with Crippen LogP contribution in [0, 0.1) is 0 Å². The number of sulfonamides is 1. The number of hydrogen-bond donors (Lipinski definition) is 10. The SMILES string of the molecule is CN(C)CCCNc1nc(Nc2ccc(S(N)(=O)=O)cc2)nc(Nc2ccc(C=Cc3ccc(Nc4nc(NCCCN(C)C)nc(Nc5ccc(SOON)cc5)n4)cc3S(=O)(=O)O)c(SOOO)c2)n1. The third kappa shape index (κ3) is 17.7. The van der Waals surface area contributed by atoms with Crippen molar-refractivity contribution in [2.75, 3.05) is 86.3 Å². The molecule has 2 heterocycles. The molecule has 0 unspecified atom stereocenters. The molecule has 6 aromatic rings. The van der Waals surface area contributed by atoms with E-state index in [0.29, 0.717) is 57.5 Å². The van der Waals surface area contributed by atoms with Crippen LogP contribution in [0.3, 0.4) is 0 Å². The molecule has 0 aliphatic rings. The summed E-state index contributed by atoms with van der Waals surface area (Å²) in [5, 5.41) is 36.9. The largest absolute Gasteiger partial charge is 0.354 e. The second kappa shape index (κ2) is 26.4. The van der Waals surface area contributed by atoms with E-state index in [-0.39, 0.29) is 51.8 Å². The van der Waals surface area contributed by atoms with Crippen LogP contribution in [0.25, 0.3) is 12.2 Å². The van der Waals surface area contributed by atoms with Gasteiger partial charge >= 0.3 is 0 Å². The van der Waals surface area contributed by atoms with Crippen LogP contribution in [-0.2, 0) is 38.8 Å². The average molecular weight is 1070 g/mol. The molecule has 0 aliphatic carbocycles. The van der Waals surface area contributed by atoms with E-state index in [2.05, 4.69) is 71.8 Å². The van der Waals surface area contributed by atoms with Crippen LogP contribution in [-0.4, -0.2) is 121 Å². The lowest BCUT2D eigenvalue weighted by atomic mass is 10.1. The summed E-state index contributed by atoms with van der Waals surface area (Å²) < 4.78 is 69.2. The van der Waals surface area contributed by atoms with Gasteiger partial charge in [0.15, 0.2) is 0 Å². The molecule has 384 valence electrons. The molecule has 0 atom stereocenters. The van der Waals surface area contributed by atoms with Crippen LogP contribution in [0.15, 0.2) is 105 Å². The van der Waals surface area contributed by atoms with Crippen LogP contribution in [0.5, 0.6) is 0 Å². The van der Waals surface area contributed by atoms with Crippen molar-refractivity contribution in [3.63, 3.8) is 0 Å². The van der Waals surface area contributed by atoms with Crippen LogP contribution >= 0.6 is 24.1 Å². The molecule has 0 amide bonds. The van der Waals surface area contributed by atoms with Gasteiger partial charge in [0.05, 0.1) is 29.0 Å². The lowest BCUT2D eigenvalue weighted by Crippen LogP contribution is -2.17. The van der Waals surface area contributed by atoms with Crippen molar-refractivity contribution in [1.29, 1.82) is 0 Å². The summed E-state index contributed by atoms with van der Waals surface area (Å²) in [5.74, 6) is 5.88. The van der Waals surface area contributed by atoms with Gasteiger partial charge in [0, 0.05) is 45.6 Å². The Morgan fingerprint density at radius 1 is 0.597 bits per heavy atom. The molecule has 4 aromatic carbocycles. The zero-order chi connectivity index (χ0) is 51.7. The number of primary sulfonamides is 1. The number of hydrogen-bond acceptors (Lipinski definition) is 26. The number of aromatic nitrogens is 6. The van der Waals surface area contributed by atoms with Crippen molar-refractivity contribution in [2.45, 2.75) is 32.4 Å². The molecule has 2 aromatic heterocycles. The Bertz CT molecular complexity index is 3000. The number of benzene rings is 4. The van der Waals surface area contributed by atoms with Gasteiger partial charge in [0.1, 0.15) is 4.90 Å². The van der Waals surface area contributed by atoms with Crippen molar-refractivity contribution in [1.82, 2.24) is 39.7 Å². The molecule has 30 heteroatoms. The lowest BCUT2D eigenvalue weighted by molar-refractivity contribution is -0.432. The van der Waals surface area contributed by atoms with Crippen LogP contribution in [0.1, 0.15) is 24.0 Å². The van der Waals surface area contributed by atoms with E-state index < -0.39 is 25.0 Å². The lowest BCUT2D eigenvalue weighted by Gasteiger charge is -2.14. The highest BCUT2D eigenvalue weighted by Gasteiger charge is 2.18. The second-order valence-electron chi connectivity index (χ2n) is 15.7. The van der Waals surface area contributed by atoms with Crippen LogP contribution in [0.4, 0.5) is 58.4 Å². The number of nitrogens with two attached hydrogens (primary N) is 2. The van der Waals surface area contributed by atoms with Gasteiger partial charge in [-0.15, -0.1) is 13.7 Å². The maximum absolute atomic E-state index is 12.9. The molecule has 6 rings (SSSR count). The third-order valence-electron chi connectivity index (χ3n) is 9.53. The number of nitrogens with one attached hydrogen (secondary N) is 6. The summed E-state index contributed by atoms with van der Waals surface area (Å²) in [6.45, 7) is 2.71. The Labute approximate surface area is 423 Å². The summed E-state index contributed by atoms with van der Waals surface area (Å²) in [6.07, 6.45) is 4.60. The Balaban J connectivity index is 1.24. The molecule has 0 spiro atoms. The minimum Gasteiger partial charge on any atom is -0.354 e. The molecular formula is C42H52N16O10S4. The topological polar surface area (TPSA) is 354 Å². The molecule has 0 radical (unpaired) electrons. The molecule has 0 bridgehead atoms. The molecule has 0 saturated carbocycles. The van der Waals surface area contributed by atoms with Gasteiger partial charge in [-0.05, 0) is 138 Å². The van der Waals surface area contributed by atoms with E-state index in [1.807, 2.05) is 38.0 Å². The van der Waals surface area contributed by atoms with Crippen molar-refractivity contribution in [3.05, 3.63) is 96.1 Å². The quantitative estimate of drug-likeness (QED) is 0.00664. The summed E-state index contributed by atoms with van der Waals surface area (Å²) in [6, 6.07) is 22.0. The Morgan fingerprint density at radius 3 is 1.51 bits per heavy atom. The fourth-order valence-electron chi connectivity index (χ4n) is 6.25. The zero-order valence-corrected chi connectivity index (χ0v) is 42.3. The van der Waals surface area contributed by atoms with E-state index in [1.165, 1.54) is 42.5 Å². The monoisotopic (exact) mass is 1070 g/mol. The number of anilines is 10. The number of rotatable bonds is 28. The molecule has 0 saturated heterocycles. The van der Waals surface area contributed by atoms with Gasteiger partial charge in [-0.3, -0.25) is 4.55 Å². The minimum atomic E-state index is -4.81. The van der Waals surface area contributed by atoms with Crippen LogP contribution in [0.2, 0.25) is 0 Å². The molecular weight excluding hydrogens is 1020 g/mol. The first-order valence-corrected chi connectivity index (χ1v) is 25.8. The highest BCUT2D eigenvalue weighted by Crippen LogP contribution is 2.32. The molecule has 0 aliphatic heterocycles. The highest BCUT2D eigenvalue weighted by atomic mass is 32.2. The van der Waals surface area contributed by atoms with Crippen molar-refractivity contribution in [3.8, 4) is 0 Å². The average Bonchev–Trinajstić information content (AvgIpc) is 3.32. The predicted molar refractivity (Wildman–Crippen MR) is 275 cm³/mol. The van der Waals surface area contributed by atoms with E-state index in [4.69, 9.17) is 25.0 Å². The zero-order valence-electron chi connectivity index (χ0n) is 39.0. The van der Waals surface area contributed by atoms with Gasteiger partial charge in [0.25, 0.3) is 10.1 Å². The second-order valence-corrected chi connectivity index (χ2v) is 20.1.